The van der Waals surface area contributed by atoms with Gasteiger partial charge in [-0.2, -0.15) is 0 Å². The fourth-order valence-electron chi connectivity index (χ4n) is 2.03. The summed E-state index contributed by atoms with van der Waals surface area (Å²) >= 11 is 0. The third-order valence-electron chi connectivity index (χ3n) is 2.77. The van der Waals surface area contributed by atoms with Gasteiger partial charge in [0.1, 0.15) is 0 Å². The molecule has 1 aliphatic rings. The van der Waals surface area contributed by atoms with Gasteiger partial charge in [-0.25, -0.2) is 0 Å². The van der Waals surface area contributed by atoms with Crippen LogP contribution < -0.4 is 0 Å². The van der Waals surface area contributed by atoms with Crippen LogP contribution in [0.2, 0.25) is 0 Å². The molecule has 1 fully saturated rings. The molecule has 0 radical (unpaired) electrons. The molecule has 0 nitrogen and oxygen atoms in total. The van der Waals surface area contributed by atoms with Crippen LogP contribution in [0.3, 0.4) is 0 Å². The molecule has 0 spiro atoms. The first-order valence-corrected chi connectivity index (χ1v) is 5.83. The number of hydrogen-bond donors (Lipinski definition) is 0. The summed E-state index contributed by atoms with van der Waals surface area (Å²) in [5.41, 5.74) is 1.37. The first-order valence-electron chi connectivity index (χ1n) is 5.83. The molecule has 0 heterocycles. The van der Waals surface area contributed by atoms with Crippen LogP contribution in [0.4, 0.5) is 0 Å². The molecule has 13 heavy (non-hydrogen) atoms. The van der Waals surface area contributed by atoms with Gasteiger partial charge >= 0.3 is 0 Å². The van der Waals surface area contributed by atoms with Crippen molar-refractivity contribution < 1.29 is 0 Å². The molecule has 0 heteroatoms. The zero-order valence-electron chi connectivity index (χ0n) is 9.90. The first kappa shape index (κ1) is 12.7. The SMILES string of the molecule is C=C(C)CC1CCC(C)CC1.CC. The van der Waals surface area contributed by atoms with Gasteiger partial charge in [-0.1, -0.05) is 39.2 Å². The van der Waals surface area contributed by atoms with Crippen molar-refractivity contribution in [1.29, 1.82) is 0 Å². The maximum absolute atomic E-state index is 3.97. The van der Waals surface area contributed by atoms with Crippen molar-refractivity contribution in [3.8, 4) is 0 Å². The average Bonchev–Trinajstić information content (AvgIpc) is 2.12. The molecule has 0 atom stereocenters. The maximum Gasteiger partial charge on any atom is -0.0297 e. The third kappa shape index (κ3) is 5.90. The van der Waals surface area contributed by atoms with Crippen molar-refractivity contribution >= 4 is 0 Å². The van der Waals surface area contributed by atoms with Gasteiger partial charge in [0, 0.05) is 0 Å². The molecular formula is C13H26. The van der Waals surface area contributed by atoms with E-state index in [1.807, 2.05) is 13.8 Å². The summed E-state index contributed by atoms with van der Waals surface area (Å²) in [5.74, 6) is 1.94. The molecular weight excluding hydrogens is 156 g/mol. The van der Waals surface area contributed by atoms with E-state index >= 15 is 0 Å². The van der Waals surface area contributed by atoms with E-state index in [0.29, 0.717) is 0 Å². The lowest BCUT2D eigenvalue weighted by atomic mass is 9.80. The van der Waals surface area contributed by atoms with Crippen LogP contribution in [0.1, 0.15) is 59.8 Å². The van der Waals surface area contributed by atoms with E-state index in [9.17, 15) is 0 Å². The van der Waals surface area contributed by atoms with Crippen molar-refractivity contribution in [3.05, 3.63) is 12.2 Å². The van der Waals surface area contributed by atoms with Crippen LogP contribution in [-0.2, 0) is 0 Å². The van der Waals surface area contributed by atoms with Gasteiger partial charge in [0.25, 0.3) is 0 Å². The number of hydrogen-bond acceptors (Lipinski definition) is 0. The van der Waals surface area contributed by atoms with E-state index in [1.165, 1.54) is 37.7 Å². The predicted octanol–water partition coefficient (Wildman–Crippen LogP) is 4.81. The first-order chi connectivity index (χ1) is 6.18. The zero-order valence-corrected chi connectivity index (χ0v) is 9.90. The molecule has 1 aliphatic carbocycles. The van der Waals surface area contributed by atoms with Gasteiger partial charge in [0.05, 0.1) is 0 Å². The van der Waals surface area contributed by atoms with Crippen LogP contribution >= 0.6 is 0 Å². The summed E-state index contributed by atoms with van der Waals surface area (Å²) in [6, 6.07) is 0. The number of rotatable bonds is 2. The van der Waals surface area contributed by atoms with Gasteiger partial charge in [0.2, 0.25) is 0 Å². The molecule has 0 unspecified atom stereocenters. The molecule has 1 saturated carbocycles. The van der Waals surface area contributed by atoms with Crippen LogP contribution in [0.25, 0.3) is 0 Å². The Hall–Kier alpha value is -0.260. The minimum atomic E-state index is 0.962. The summed E-state index contributed by atoms with van der Waals surface area (Å²) in [4.78, 5) is 0. The van der Waals surface area contributed by atoms with E-state index in [-0.39, 0.29) is 0 Å². The van der Waals surface area contributed by atoms with Gasteiger partial charge in [0.15, 0.2) is 0 Å². The van der Waals surface area contributed by atoms with E-state index in [4.69, 9.17) is 0 Å². The second kappa shape index (κ2) is 7.17. The second-order valence-corrected chi connectivity index (χ2v) is 4.29. The molecule has 0 aliphatic heterocycles. The smallest absolute Gasteiger partial charge is 0.0297 e. The average molecular weight is 182 g/mol. The molecule has 0 aromatic carbocycles. The Balaban J connectivity index is 0.000000671. The third-order valence-corrected chi connectivity index (χ3v) is 2.77. The van der Waals surface area contributed by atoms with Crippen molar-refractivity contribution in [1.82, 2.24) is 0 Å². The van der Waals surface area contributed by atoms with Crippen molar-refractivity contribution in [2.24, 2.45) is 11.8 Å². The Labute approximate surface area is 84.4 Å². The highest BCUT2D eigenvalue weighted by Gasteiger charge is 2.17. The molecule has 78 valence electrons. The second-order valence-electron chi connectivity index (χ2n) is 4.29. The van der Waals surface area contributed by atoms with Crippen molar-refractivity contribution in [3.63, 3.8) is 0 Å². The highest BCUT2D eigenvalue weighted by atomic mass is 14.2. The van der Waals surface area contributed by atoms with Crippen molar-refractivity contribution in [2.45, 2.75) is 59.8 Å². The Morgan fingerprint density at radius 2 is 1.62 bits per heavy atom. The quantitative estimate of drug-likeness (QED) is 0.538. The highest BCUT2D eigenvalue weighted by molar-refractivity contribution is 4.91. The summed E-state index contributed by atoms with van der Waals surface area (Å²) in [6.07, 6.45) is 7.03. The molecule has 1 rings (SSSR count). The van der Waals surface area contributed by atoms with E-state index < -0.39 is 0 Å². The standard InChI is InChI=1S/C11H20.C2H6/c1-9(2)8-11-6-4-10(3)5-7-11;1-2/h10-11H,1,4-8H2,2-3H3;1-2H3. The van der Waals surface area contributed by atoms with Gasteiger partial charge in [-0.3, -0.25) is 0 Å². The molecule has 0 N–H and O–H groups in total. The Kier molecular flexibility index (Phi) is 7.03. The lowest BCUT2D eigenvalue weighted by molar-refractivity contribution is 0.289. The Bertz CT molecular complexity index is 127. The Morgan fingerprint density at radius 1 is 1.15 bits per heavy atom. The van der Waals surface area contributed by atoms with Crippen LogP contribution in [-0.4, -0.2) is 0 Å². The fraction of sp³-hybridized carbons (Fsp3) is 0.846. The normalized spacial score (nSPS) is 27.4. The summed E-state index contributed by atoms with van der Waals surface area (Å²) in [5, 5.41) is 0. The fourth-order valence-corrected chi connectivity index (χ4v) is 2.03. The molecule has 0 aromatic rings. The number of allylic oxidation sites excluding steroid dienone is 1. The van der Waals surface area contributed by atoms with E-state index in [0.717, 1.165) is 11.8 Å². The molecule has 0 aromatic heterocycles. The summed E-state index contributed by atoms with van der Waals surface area (Å²) in [7, 11) is 0. The molecule has 0 amide bonds. The minimum absolute atomic E-state index is 0.962. The minimum Gasteiger partial charge on any atom is -0.100 e. The van der Waals surface area contributed by atoms with Gasteiger partial charge in [-0.15, -0.1) is 6.58 Å². The van der Waals surface area contributed by atoms with Gasteiger partial charge < -0.3 is 0 Å². The van der Waals surface area contributed by atoms with Crippen LogP contribution in [0.5, 0.6) is 0 Å². The van der Waals surface area contributed by atoms with Gasteiger partial charge in [-0.05, 0) is 38.0 Å². The van der Waals surface area contributed by atoms with E-state index in [1.54, 1.807) is 0 Å². The summed E-state index contributed by atoms with van der Waals surface area (Å²) in [6.45, 7) is 12.5. The lowest BCUT2D eigenvalue weighted by Gasteiger charge is -2.26. The molecule has 0 saturated heterocycles. The van der Waals surface area contributed by atoms with E-state index in [2.05, 4.69) is 20.4 Å². The topological polar surface area (TPSA) is 0 Å². The summed E-state index contributed by atoms with van der Waals surface area (Å²) < 4.78 is 0. The van der Waals surface area contributed by atoms with Crippen molar-refractivity contribution in [2.75, 3.05) is 0 Å². The lowest BCUT2D eigenvalue weighted by Crippen LogP contribution is -2.12. The largest absolute Gasteiger partial charge is 0.100 e. The Morgan fingerprint density at radius 3 is 2.00 bits per heavy atom. The van der Waals surface area contributed by atoms with Crippen LogP contribution in [0.15, 0.2) is 12.2 Å². The van der Waals surface area contributed by atoms with Crippen LogP contribution in [0, 0.1) is 11.8 Å². The highest BCUT2D eigenvalue weighted by Crippen LogP contribution is 2.31. The molecule has 0 bridgehead atoms. The monoisotopic (exact) mass is 182 g/mol. The predicted molar refractivity (Wildman–Crippen MR) is 61.9 cm³/mol. The zero-order chi connectivity index (χ0) is 10.3. The maximum atomic E-state index is 3.97.